The van der Waals surface area contributed by atoms with Crippen molar-refractivity contribution >= 4 is 21.5 Å². The van der Waals surface area contributed by atoms with E-state index in [2.05, 4.69) is 196 Å². The van der Waals surface area contributed by atoms with Crippen molar-refractivity contribution in [1.82, 2.24) is 9.97 Å². The van der Waals surface area contributed by atoms with E-state index in [1.807, 2.05) is 0 Å². The van der Waals surface area contributed by atoms with Crippen LogP contribution < -0.4 is 0 Å². The molecule has 1 heterocycles. The van der Waals surface area contributed by atoms with E-state index < -0.39 is 0 Å². The molecule has 0 saturated heterocycles. The summed E-state index contributed by atoms with van der Waals surface area (Å²) in [7, 11) is 0. The SMILES string of the molecule is Cc1ccccc1-c1nc(-c2cc(-c3cccc(-c4ccccc4)c3)cc(-c3ccc4c(ccc5ccccc54)c3)c2)nc(-c2ccccc2)c1C. The summed E-state index contributed by atoms with van der Waals surface area (Å²) in [5.74, 6) is 0.705. The molecule has 0 N–H and O–H groups in total. The molecule has 246 valence electrons. The number of aromatic nitrogens is 2. The first-order chi connectivity index (χ1) is 25.6. The first kappa shape index (κ1) is 31.3. The predicted molar refractivity (Wildman–Crippen MR) is 219 cm³/mol. The number of hydrogen-bond acceptors (Lipinski definition) is 2. The van der Waals surface area contributed by atoms with E-state index in [1.165, 1.54) is 38.2 Å². The van der Waals surface area contributed by atoms with Crippen molar-refractivity contribution in [2.24, 2.45) is 0 Å². The number of fused-ring (bicyclic) bond motifs is 3. The van der Waals surface area contributed by atoms with Crippen molar-refractivity contribution in [3.05, 3.63) is 193 Å². The Balaban J connectivity index is 1.28. The minimum absolute atomic E-state index is 0.705. The Morgan fingerprint density at radius 1 is 0.327 bits per heavy atom. The Labute approximate surface area is 304 Å². The molecular formula is C50H36N2. The number of rotatable bonds is 6. The first-order valence-electron chi connectivity index (χ1n) is 17.8. The zero-order chi connectivity index (χ0) is 35.0. The van der Waals surface area contributed by atoms with Crippen molar-refractivity contribution < 1.29 is 0 Å². The van der Waals surface area contributed by atoms with Crippen LogP contribution in [-0.2, 0) is 0 Å². The van der Waals surface area contributed by atoms with E-state index in [1.54, 1.807) is 0 Å². The molecule has 2 nitrogen and oxygen atoms in total. The largest absolute Gasteiger partial charge is 0.228 e. The predicted octanol–water partition coefficient (Wildman–Crippen LogP) is 13.4. The molecule has 9 rings (SSSR count). The topological polar surface area (TPSA) is 25.8 Å². The number of nitrogens with zero attached hydrogens (tertiary/aromatic N) is 2. The summed E-state index contributed by atoms with van der Waals surface area (Å²) in [5.41, 5.74) is 14.2. The van der Waals surface area contributed by atoms with Gasteiger partial charge in [-0.3, -0.25) is 0 Å². The van der Waals surface area contributed by atoms with Crippen LogP contribution in [0, 0.1) is 13.8 Å². The van der Waals surface area contributed by atoms with E-state index >= 15 is 0 Å². The lowest BCUT2D eigenvalue weighted by molar-refractivity contribution is 1.14. The summed E-state index contributed by atoms with van der Waals surface area (Å²) in [6.45, 7) is 4.30. The summed E-state index contributed by atoms with van der Waals surface area (Å²) < 4.78 is 0. The molecule has 9 aromatic rings. The van der Waals surface area contributed by atoms with Gasteiger partial charge in [-0.15, -0.1) is 0 Å². The molecule has 0 aliphatic heterocycles. The second kappa shape index (κ2) is 13.2. The van der Waals surface area contributed by atoms with Crippen LogP contribution in [0.1, 0.15) is 11.1 Å². The fourth-order valence-corrected chi connectivity index (χ4v) is 7.42. The zero-order valence-corrected chi connectivity index (χ0v) is 29.2. The Morgan fingerprint density at radius 3 is 1.63 bits per heavy atom. The van der Waals surface area contributed by atoms with Gasteiger partial charge in [-0.25, -0.2) is 9.97 Å². The fraction of sp³-hybridized carbons (Fsp3) is 0.0400. The highest BCUT2D eigenvalue weighted by Crippen LogP contribution is 2.38. The summed E-state index contributed by atoms with van der Waals surface area (Å²) in [6.07, 6.45) is 0. The second-order valence-electron chi connectivity index (χ2n) is 13.5. The molecular weight excluding hydrogens is 629 g/mol. The van der Waals surface area contributed by atoms with Gasteiger partial charge < -0.3 is 0 Å². The van der Waals surface area contributed by atoms with Gasteiger partial charge in [-0.1, -0.05) is 152 Å². The van der Waals surface area contributed by atoms with Crippen LogP contribution in [0.2, 0.25) is 0 Å². The van der Waals surface area contributed by atoms with Gasteiger partial charge >= 0.3 is 0 Å². The van der Waals surface area contributed by atoms with Crippen LogP contribution in [0.4, 0.5) is 0 Å². The highest BCUT2D eigenvalue weighted by Gasteiger charge is 2.18. The lowest BCUT2D eigenvalue weighted by Gasteiger charge is -2.16. The molecule has 0 amide bonds. The van der Waals surface area contributed by atoms with Crippen molar-refractivity contribution in [2.45, 2.75) is 13.8 Å². The summed E-state index contributed by atoms with van der Waals surface area (Å²) >= 11 is 0. The maximum Gasteiger partial charge on any atom is 0.160 e. The highest BCUT2D eigenvalue weighted by molar-refractivity contribution is 6.08. The molecule has 0 spiro atoms. The summed E-state index contributed by atoms with van der Waals surface area (Å²) in [4.78, 5) is 10.7. The minimum Gasteiger partial charge on any atom is -0.228 e. The third-order valence-electron chi connectivity index (χ3n) is 10.2. The van der Waals surface area contributed by atoms with Crippen LogP contribution in [0.3, 0.4) is 0 Å². The minimum atomic E-state index is 0.705. The number of aryl methyl sites for hydroxylation is 1. The Bertz CT molecular complexity index is 2750. The van der Waals surface area contributed by atoms with Gasteiger partial charge in [0, 0.05) is 22.3 Å². The Morgan fingerprint density at radius 2 is 0.865 bits per heavy atom. The van der Waals surface area contributed by atoms with Gasteiger partial charge in [-0.2, -0.15) is 0 Å². The monoisotopic (exact) mass is 664 g/mol. The van der Waals surface area contributed by atoms with Gasteiger partial charge in [0.15, 0.2) is 5.82 Å². The van der Waals surface area contributed by atoms with Crippen molar-refractivity contribution in [1.29, 1.82) is 0 Å². The highest BCUT2D eigenvalue weighted by atomic mass is 14.9. The van der Waals surface area contributed by atoms with Gasteiger partial charge in [0.25, 0.3) is 0 Å². The molecule has 52 heavy (non-hydrogen) atoms. The van der Waals surface area contributed by atoms with E-state index in [9.17, 15) is 0 Å². The lowest BCUT2D eigenvalue weighted by Crippen LogP contribution is -2.01. The molecule has 0 radical (unpaired) electrons. The Hall–Kier alpha value is -6.64. The van der Waals surface area contributed by atoms with Crippen LogP contribution in [0.5, 0.6) is 0 Å². The molecule has 0 bridgehead atoms. The summed E-state index contributed by atoms with van der Waals surface area (Å²) in [6, 6.07) is 65.1. The van der Waals surface area contributed by atoms with Crippen LogP contribution in [0.15, 0.2) is 182 Å². The van der Waals surface area contributed by atoms with E-state index in [4.69, 9.17) is 9.97 Å². The van der Waals surface area contributed by atoms with Crippen molar-refractivity contribution in [2.75, 3.05) is 0 Å². The third-order valence-corrected chi connectivity index (χ3v) is 10.2. The second-order valence-corrected chi connectivity index (χ2v) is 13.5. The molecule has 0 aliphatic carbocycles. The smallest absolute Gasteiger partial charge is 0.160 e. The molecule has 0 unspecified atom stereocenters. The van der Waals surface area contributed by atoms with E-state index in [0.717, 1.165) is 55.9 Å². The first-order valence-corrected chi connectivity index (χ1v) is 17.8. The van der Waals surface area contributed by atoms with E-state index in [0.29, 0.717) is 5.82 Å². The third kappa shape index (κ3) is 5.85. The number of hydrogen-bond donors (Lipinski definition) is 0. The molecule has 0 atom stereocenters. The van der Waals surface area contributed by atoms with Crippen molar-refractivity contribution in [3.8, 4) is 67.3 Å². The van der Waals surface area contributed by atoms with Crippen LogP contribution in [0.25, 0.3) is 88.8 Å². The molecule has 0 fully saturated rings. The van der Waals surface area contributed by atoms with Gasteiger partial charge in [-0.05, 0) is 105 Å². The van der Waals surface area contributed by atoms with Crippen molar-refractivity contribution in [3.63, 3.8) is 0 Å². The van der Waals surface area contributed by atoms with Crippen LogP contribution >= 0.6 is 0 Å². The summed E-state index contributed by atoms with van der Waals surface area (Å²) in [5, 5.41) is 4.99. The quantitative estimate of drug-likeness (QED) is 0.165. The van der Waals surface area contributed by atoms with Gasteiger partial charge in [0.1, 0.15) is 0 Å². The molecule has 1 aromatic heterocycles. The van der Waals surface area contributed by atoms with Gasteiger partial charge in [0.05, 0.1) is 11.4 Å². The average Bonchev–Trinajstić information content (AvgIpc) is 3.21. The average molecular weight is 665 g/mol. The lowest BCUT2D eigenvalue weighted by atomic mass is 9.92. The Kier molecular flexibility index (Phi) is 7.98. The standard InChI is InChI=1S/C50H36N2/c1-33-14-9-11-22-45(33)49-34(2)48(37-18-7-4-8-19-37)51-50(52-49)44-31-42(39-21-13-20-38(28-39)35-15-5-3-6-16-35)30-43(32-44)40-26-27-47-41(29-40)25-24-36-17-10-12-23-46(36)47/h3-32H,1-2H3. The molecule has 2 heteroatoms. The zero-order valence-electron chi connectivity index (χ0n) is 29.2. The molecule has 0 aliphatic rings. The van der Waals surface area contributed by atoms with Gasteiger partial charge in [0.2, 0.25) is 0 Å². The maximum atomic E-state index is 5.37. The van der Waals surface area contributed by atoms with E-state index in [-0.39, 0.29) is 0 Å². The fourth-order valence-electron chi connectivity index (χ4n) is 7.42. The number of benzene rings is 8. The molecule has 0 saturated carbocycles. The van der Waals surface area contributed by atoms with Crippen LogP contribution in [-0.4, -0.2) is 9.97 Å². The molecule has 8 aromatic carbocycles. The maximum absolute atomic E-state index is 5.37. The normalized spacial score (nSPS) is 11.3.